The number of carbonyl (C=O) groups is 1. The van der Waals surface area contributed by atoms with E-state index in [1.165, 1.54) is 0 Å². The maximum atomic E-state index is 12.0. The standard InChI is InChI=1S/C13H20ClN3O2/c1-2-19-12(18)13(15)6-3-4-10(13)5-7-17-9-11(14)8-16-17/h8-10H,2-7,15H2,1H3. The molecule has 19 heavy (non-hydrogen) atoms. The second-order valence-electron chi connectivity index (χ2n) is 5.06. The molecule has 0 bridgehead atoms. The van der Waals surface area contributed by atoms with E-state index in [4.69, 9.17) is 22.1 Å². The predicted molar refractivity (Wildman–Crippen MR) is 72.7 cm³/mol. The molecule has 0 amide bonds. The van der Waals surface area contributed by atoms with Crippen molar-refractivity contribution in [3.05, 3.63) is 17.4 Å². The van der Waals surface area contributed by atoms with Crippen molar-refractivity contribution in [3.8, 4) is 0 Å². The minimum Gasteiger partial charge on any atom is -0.465 e. The Kier molecular flexibility index (Phi) is 4.47. The predicted octanol–water partition coefficient (Wildman–Crippen LogP) is 1.99. The highest BCUT2D eigenvalue weighted by Gasteiger charge is 2.46. The van der Waals surface area contributed by atoms with E-state index in [2.05, 4.69) is 5.10 Å². The summed E-state index contributed by atoms with van der Waals surface area (Å²) in [6.45, 7) is 2.89. The summed E-state index contributed by atoms with van der Waals surface area (Å²) in [5.41, 5.74) is 5.45. The van der Waals surface area contributed by atoms with E-state index in [1.807, 2.05) is 0 Å². The second kappa shape index (κ2) is 5.92. The zero-order valence-electron chi connectivity index (χ0n) is 11.1. The van der Waals surface area contributed by atoms with Crippen LogP contribution in [0.2, 0.25) is 5.02 Å². The summed E-state index contributed by atoms with van der Waals surface area (Å²) in [6.07, 6.45) is 6.84. The van der Waals surface area contributed by atoms with Crippen molar-refractivity contribution in [3.63, 3.8) is 0 Å². The first kappa shape index (κ1) is 14.3. The van der Waals surface area contributed by atoms with E-state index in [0.717, 1.165) is 25.8 Å². The summed E-state index contributed by atoms with van der Waals surface area (Å²) >= 11 is 5.82. The van der Waals surface area contributed by atoms with Gasteiger partial charge in [-0.15, -0.1) is 0 Å². The fourth-order valence-electron chi connectivity index (χ4n) is 2.79. The largest absolute Gasteiger partial charge is 0.465 e. The monoisotopic (exact) mass is 285 g/mol. The van der Waals surface area contributed by atoms with Crippen LogP contribution < -0.4 is 5.73 Å². The van der Waals surface area contributed by atoms with Crippen LogP contribution in [0.4, 0.5) is 0 Å². The lowest BCUT2D eigenvalue weighted by atomic mass is 9.85. The van der Waals surface area contributed by atoms with Crippen molar-refractivity contribution < 1.29 is 9.53 Å². The van der Waals surface area contributed by atoms with Gasteiger partial charge in [0.25, 0.3) is 0 Å². The van der Waals surface area contributed by atoms with Crippen molar-refractivity contribution in [2.45, 2.75) is 44.7 Å². The molecule has 0 aromatic carbocycles. The molecule has 0 aliphatic heterocycles. The van der Waals surface area contributed by atoms with Gasteiger partial charge < -0.3 is 10.5 Å². The van der Waals surface area contributed by atoms with Crippen LogP contribution in [0.15, 0.2) is 12.4 Å². The SMILES string of the molecule is CCOC(=O)C1(N)CCCC1CCn1cc(Cl)cn1. The Balaban J connectivity index is 1.96. The molecule has 2 atom stereocenters. The van der Waals surface area contributed by atoms with E-state index >= 15 is 0 Å². The van der Waals surface area contributed by atoms with Crippen molar-refractivity contribution in [1.82, 2.24) is 9.78 Å². The maximum absolute atomic E-state index is 12.0. The highest BCUT2D eigenvalue weighted by Crippen LogP contribution is 2.37. The molecule has 1 fully saturated rings. The summed E-state index contributed by atoms with van der Waals surface area (Å²) in [5.74, 6) is -0.120. The molecule has 1 aromatic rings. The quantitative estimate of drug-likeness (QED) is 0.840. The third-order valence-electron chi connectivity index (χ3n) is 3.84. The van der Waals surface area contributed by atoms with Crippen LogP contribution >= 0.6 is 11.6 Å². The van der Waals surface area contributed by atoms with Crippen molar-refractivity contribution in [2.75, 3.05) is 6.61 Å². The average molecular weight is 286 g/mol. The fourth-order valence-corrected chi connectivity index (χ4v) is 2.94. The Morgan fingerprint density at radius 2 is 2.53 bits per heavy atom. The number of hydrogen-bond donors (Lipinski definition) is 1. The van der Waals surface area contributed by atoms with Gasteiger partial charge in [0.1, 0.15) is 5.54 Å². The number of nitrogens with zero attached hydrogens (tertiary/aromatic N) is 2. The van der Waals surface area contributed by atoms with Crippen LogP contribution in [0, 0.1) is 5.92 Å². The molecular weight excluding hydrogens is 266 g/mol. The number of esters is 1. The van der Waals surface area contributed by atoms with Gasteiger partial charge >= 0.3 is 5.97 Å². The normalized spacial score (nSPS) is 26.6. The summed E-state index contributed by atoms with van der Waals surface area (Å²) in [6, 6.07) is 0. The first-order valence-corrected chi connectivity index (χ1v) is 7.08. The lowest BCUT2D eigenvalue weighted by Gasteiger charge is -2.28. The van der Waals surface area contributed by atoms with Gasteiger partial charge in [-0.25, -0.2) is 0 Å². The highest BCUT2D eigenvalue weighted by atomic mass is 35.5. The van der Waals surface area contributed by atoms with Gasteiger partial charge in [0.2, 0.25) is 0 Å². The van der Waals surface area contributed by atoms with E-state index < -0.39 is 5.54 Å². The molecule has 2 rings (SSSR count). The number of aryl methyl sites for hydroxylation is 1. The topological polar surface area (TPSA) is 70.1 Å². The first-order chi connectivity index (χ1) is 9.06. The Hall–Kier alpha value is -1.07. The van der Waals surface area contributed by atoms with Crippen molar-refractivity contribution >= 4 is 17.6 Å². The van der Waals surface area contributed by atoms with Crippen LogP contribution in [-0.2, 0) is 16.1 Å². The molecule has 5 nitrogen and oxygen atoms in total. The number of ether oxygens (including phenoxy) is 1. The van der Waals surface area contributed by atoms with Gasteiger partial charge in [-0.2, -0.15) is 5.10 Å². The molecular formula is C13H20ClN3O2. The summed E-state index contributed by atoms with van der Waals surface area (Å²) in [4.78, 5) is 12.0. The molecule has 1 heterocycles. The second-order valence-corrected chi connectivity index (χ2v) is 5.50. The van der Waals surface area contributed by atoms with Gasteiger partial charge in [-0.05, 0) is 32.1 Å². The van der Waals surface area contributed by atoms with E-state index in [9.17, 15) is 4.79 Å². The Bertz CT molecular complexity index is 449. The molecule has 2 unspecified atom stereocenters. The smallest absolute Gasteiger partial charge is 0.326 e. The van der Waals surface area contributed by atoms with Crippen LogP contribution in [0.5, 0.6) is 0 Å². The number of rotatable bonds is 5. The van der Waals surface area contributed by atoms with Gasteiger partial charge in [-0.1, -0.05) is 18.0 Å². The van der Waals surface area contributed by atoms with E-state index in [0.29, 0.717) is 18.1 Å². The average Bonchev–Trinajstić information content (AvgIpc) is 2.94. The number of halogens is 1. The lowest BCUT2D eigenvalue weighted by Crippen LogP contribution is -2.52. The number of nitrogens with two attached hydrogens (primary N) is 1. The number of carbonyl (C=O) groups excluding carboxylic acids is 1. The molecule has 1 aliphatic rings. The third-order valence-corrected chi connectivity index (χ3v) is 4.03. The van der Waals surface area contributed by atoms with Gasteiger partial charge in [0, 0.05) is 12.7 Å². The molecule has 1 aromatic heterocycles. The Morgan fingerprint density at radius 1 is 1.74 bits per heavy atom. The lowest BCUT2D eigenvalue weighted by molar-refractivity contribution is -0.151. The Labute approximate surface area is 118 Å². The zero-order valence-corrected chi connectivity index (χ0v) is 11.9. The van der Waals surface area contributed by atoms with Gasteiger partial charge in [-0.3, -0.25) is 9.48 Å². The van der Waals surface area contributed by atoms with Gasteiger partial charge in [0.15, 0.2) is 0 Å². The number of aromatic nitrogens is 2. The maximum Gasteiger partial charge on any atom is 0.326 e. The summed E-state index contributed by atoms with van der Waals surface area (Å²) in [5, 5.41) is 4.75. The van der Waals surface area contributed by atoms with Crippen LogP contribution in [-0.4, -0.2) is 27.9 Å². The summed E-state index contributed by atoms with van der Waals surface area (Å²) in [7, 11) is 0. The highest BCUT2D eigenvalue weighted by molar-refractivity contribution is 6.30. The molecule has 0 saturated heterocycles. The minimum atomic E-state index is -0.826. The van der Waals surface area contributed by atoms with Crippen LogP contribution in [0.3, 0.4) is 0 Å². The van der Waals surface area contributed by atoms with Gasteiger partial charge in [0.05, 0.1) is 17.8 Å². The molecule has 0 spiro atoms. The van der Waals surface area contributed by atoms with E-state index in [1.54, 1.807) is 24.0 Å². The Morgan fingerprint density at radius 3 is 3.16 bits per heavy atom. The van der Waals surface area contributed by atoms with Crippen molar-refractivity contribution in [2.24, 2.45) is 11.7 Å². The third kappa shape index (κ3) is 3.09. The fraction of sp³-hybridized carbons (Fsp3) is 0.692. The zero-order chi connectivity index (χ0) is 13.9. The number of hydrogen-bond acceptors (Lipinski definition) is 4. The summed E-state index contributed by atoms with van der Waals surface area (Å²) < 4.78 is 6.89. The van der Waals surface area contributed by atoms with Crippen LogP contribution in [0.1, 0.15) is 32.6 Å². The molecule has 0 radical (unpaired) electrons. The molecule has 1 saturated carbocycles. The first-order valence-electron chi connectivity index (χ1n) is 6.70. The molecule has 2 N–H and O–H groups in total. The van der Waals surface area contributed by atoms with E-state index in [-0.39, 0.29) is 11.9 Å². The molecule has 6 heteroatoms. The van der Waals surface area contributed by atoms with Crippen LogP contribution in [0.25, 0.3) is 0 Å². The van der Waals surface area contributed by atoms with Crippen molar-refractivity contribution in [1.29, 1.82) is 0 Å². The molecule has 1 aliphatic carbocycles. The molecule has 106 valence electrons. The minimum absolute atomic E-state index is 0.148.